The molecule has 0 aliphatic carbocycles. The van der Waals surface area contributed by atoms with E-state index in [2.05, 4.69) is 15.9 Å². The summed E-state index contributed by atoms with van der Waals surface area (Å²) in [6, 6.07) is 5.37. The Labute approximate surface area is 110 Å². The van der Waals surface area contributed by atoms with Crippen LogP contribution < -0.4 is 9.47 Å². The molecule has 0 fully saturated rings. The number of hydrogen-bond donors (Lipinski definition) is 0. The summed E-state index contributed by atoms with van der Waals surface area (Å²) >= 11 is 3.36. The molecule has 17 heavy (non-hydrogen) atoms. The first-order valence-corrected chi connectivity index (χ1v) is 7.92. The minimum Gasteiger partial charge on any atom is -0.497 e. The van der Waals surface area contributed by atoms with Gasteiger partial charge in [0.2, 0.25) is 0 Å². The van der Waals surface area contributed by atoms with Gasteiger partial charge in [-0.2, -0.15) is 0 Å². The molecule has 0 bridgehead atoms. The molecular formula is C11H15BrO4S. The van der Waals surface area contributed by atoms with Gasteiger partial charge in [-0.15, -0.1) is 0 Å². The topological polar surface area (TPSA) is 52.6 Å². The summed E-state index contributed by atoms with van der Waals surface area (Å²) in [5, 5.41) is 0. The fourth-order valence-electron chi connectivity index (χ4n) is 1.23. The second-order valence-electron chi connectivity index (χ2n) is 3.63. The molecule has 0 aromatic heterocycles. The molecule has 1 aromatic rings. The van der Waals surface area contributed by atoms with Gasteiger partial charge in [0.25, 0.3) is 0 Å². The minimum atomic E-state index is -2.91. The largest absolute Gasteiger partial charge is 0.497 e. The highest BCUT2D eigenvalue weighted by Gasteiger charge is 2.05. The van der Waals surface area contributed by atoms with Gasteiger partial charge >= 0.3 is 0 Å². The summed E-state index contributed by atoms with van der Waals surface area (Å²) < 4.78 is 33.1. The molecule has 0 saturated carbocycles. The maximum absolute atomic E-state index is 10.9. The zero-order chi connectivity index (χ0) is 12.9. The maximum atomic E-state index is 10.9. The smallest absolute Gasteiger partial charge is 0.147 e. The van der Waals surface area contributed by atoms with Crippen molar-refractivity contribution in [3.63, 3.8) is 0 Å². The number of halogens is 1. The van der Waals surface area contributed by atoms with E-state index in [9.17, 15) is 8.42 Å². The van der Waals surface area contributed by atoms with E-state index in [1.807, 2.05) is 0 Å². The van der Waals surface area contributed by atoms with E-state index in [1.54, 1.807) is 25.3 Å². The number of benzene rings is 1. The first kappa shape index (κ1) is 14.3. The standard InChI is InChI=1S/C11H15BrO4S/c1-15-9-4-5-11(10(12)8-9)16-6-3-7-17(2,13)14/h4-5,8H,3,6-7H2,1-2H3. The van der Waals surface area contributed by atoms with Gasteiger partial charge in [-0.05, 0) is 40.5 Å². The number of rotatable bonds is 6. The van der Waals surface area contributed by atoms with Crippen LogP contribution in [-0.4, -0.2) is 34.1 Å². The molecule has 0 unspecified atom stereocenters. The Morgan fingerprint density at radius 2 is 2.06 bits per heavy atom. The van der Waals surface area contributed by atoms with E-state index >= 15 is 0 Å². The van der Waals surface area contributed by atoms with E-state index in [0.717, 1.165) is 10.2 Å². The highest BCUT2D eigenvalue weighted by atomic mass is 79.9. The van der Waals surface area contributed by atoms with Crippen LogP contribution in [0.4, 0.5) is 0 Å². The average molecular weight is 323 g/mol. The van der Waals surface area contributed by atoms with Gasteiger partial charge in [-0.25, -0.2) is 8.42 Å². The van der Waals surface area contributed by atoms with Crippen LogP contribution in [0.25, 0.3) is 0 Å². The van der Waals surface area contributed by atoms with E-state index in [0.29, 0.717) is 18.8 Å². The summed E-state index contributed by atoms with van der Waals surface area (Å²) in [5.74, 6) is 1.56. The predicted molar refractivity (Wildman–Crippen MR) is 70.5 cm³/mol. The van der Waals surface area contributed by atoms with Crippen molar-refractivity contribution in [1.82, 2.24) is 0 Å². The van der Waals surface area contributed by atoms with Crippen LogP contribution in [0.1, 0.15) is 6.42 Å². The van der Waals surface area contributed by atoms with Crippen LogP contribution in [-0.2, 0) is 9.84 Å². The molecule has 0 saturated heterocycles. The molecule has 4 nitrogen and oxygen atoms in total. The fourth-order valence-corrected chi connectivity index (χ4v) is 2.34. The molecule has 1 aromatic carbocycles. The Hall–Kier alpha value is -0.750. The molecule has 0 spiro atoms. The summed E-state index contributed by atoms with van der Waals surface area (Å²) in [5.41, 5.74) is 0. The number of hydrogen-bond acceptors (Lipinski definition) is 4. The molecule has 0 amide bonds. The van der Waals surface area contributed by atoms with E-state index < -0.39 is 9.84 Å². The molecule has 0 radical (unpaired) electrons. The van der Waals surface area contributed by atoms with Gasteiger partial charge in [-0.1, -0.05) is 0 Å². The Morgan fingerprint density at radius 3 is 2.59 bits per heavy atom. The Bertz CT molecular complexity index is 470. The minimum absolute atomic E-state index is 0.140. The molecule has 0 heterocycles. The zero-order valence-electron chi connectivity index (χ0n) is 9.77. The third kappa shape index (κ3) is 5.41. The normalized spacial score (nSPS) is 11.2. The maximum Gasteiger partial charge on any atom is 0.147 e. The van der Waals surface area contributed by atoms with Crippen molar-refractivity contribution in [3.05, 3.63) is 22.7 Å². The van der Waals surface area contributed by atoms with Crippen molar-refractivity contribution in [3.8, 4) is 11.5 Å². The molecule has 0 aliphatic rings. The number of sulfone groups is 1. The highest BCUT2D eigenvalue weighted by molar-refractivity contribution is 9.10. The van der Waals surface area contributed by atoms with Crippen LogP contribution in [0.3, 0.4) is 0 Å². The van der Waals surface area contributed by atoms with Crippen molar-refractivity contribution in [2.24, 2.45) is 0 Å². The van der Waals surface area contributed by atoms with Gasteiger partial charge in [0.15, 0.2) is 0 Å². The fraction of sp³-hybridized carbons (Fsp3) is 0.455. The van der Waals surface area contributed by atoms with Crippen LogP contribution in [0.5, 0.6) is 11.5 Å². The molecule has 1 rings (SSSR count). The monoisotopic (exact) mass is 322 g/mol. The van der Waals surface area contributed by atoms with E-state index in [-0.39, 0.29) is 5.75 Å². The van der Waals surface area contributed by atoms with Crippen molar-refractivity contribution in [1.29, 1.82) is 0 Å². The van der Waals surface area contributed by atoms with Crippen molar-refractivity contribution < 1.29 is 17.9 Å². The van der Waals surface area contributed by atoms with Crippen molar-refractivity contribution in [2.75, 3.05) is 25.7 Å². The second kappa shape index (κ2) is 6.26. The third-order valence-corrected chi connectivity index (χ3v) is 3.71. The van der Waals surface area contributed by atoms with Crippen LogP contribution in [0, 0.1) is 0 Å². The lowest BCUT2D eigenvalue weighted by Crippen LogP contribution is -2.08. The SMILES string of the molecule is COc1ccc(OCCCS(C)(=O)=O)c(Br)c1. The Kier molecular flexibility index (Phi) is 5.27. The Morgan fingerprint density at radius 1 is 1.35 bits per heavy atom. The summed E-state index contributed by atoms with van der Waals surface area (Å²) in [4.78, 5) is 0. The molecular weight excluding hydrogens is 308 g/mol. The number of ether oxygens (including phenoxy) is 2. The van der Waals surface area contributed by atoms with Gasteiger partial charge in [0, 0.05) is 6.26 Å². The van der Waals surface area contributed by atoms with Gasteiger partial charge in [0.1, 0.15) is 21.3 Å². The second-order valence-corrected chi connectivity index (χ2v) is 6.74. The molecule has 0 aliphatic heterocycles. The van der Waals surface area contributed by atoms with E-state index in [4.69, 9.17) is 9.47 Å². The van der Waals surface area contributed by atoms with Crippen LogP contribution >= 0.6 is 15.9 Å². The number of methoxy groups -OCH3 is 1. The van der Waals surface area contributed by atoms with Gasteiger partial charge in [0.05, 0.1) is 23.9 Å². The van der Waals surface area contributed by atoms with Crippen LogP contribution in [0.15, 0.2) is 22.7 Å². The first-order chi connectivity index (χ1) is 7.92. The summed E-state index contributed by atoms with van der Waals surface area (Å²) in [6.45, 7) is 0.373. The summed E-state index contributed by atoms with van der Waals surface area (Å²) in [7, 11) is -1.32. The van der Waals surface area contributed by atoms with Crippen molar-refractivity contribution >= 4 is 25.8 Å². The Balaban J connectivity index is 2.47. The predicted octanol–water partition coefficient (Wildman–Crippen LogP) is 2.27. The lowest BCUT2D eigenvalue weighted by molar-refractivity contribution is 0.315. The van der Waals surface area contributed by atoms with Gasteiger partial charge in [-0.3, -0.25) is 0 Å². The lowest BCUT2D eigenvalue weighted by Gasteiger charge is -2.09. The average Bonchev–Trinajstić information content (AvgIpc) is 2.24. The van der Waals surface area contributed by atoms with Crippen molar-refractivity contribution in [2.45, 2.75) is 6.42 Å². The van der Waals surface area contributed by atoms with E-state index in [1.165, 1.54) is 6.26 Å². The molecule has 0 atom stereocenters. The molecule has 96 valence electrons. The highest BCUT2D eigenvalue weighted by Crippen LogP contribution is 2.29. The first-order valence-electron chi connectivity index (χ1n) is 5.06. The zero-order valence-corrected chi connectivity index (χ0v) is 12.2. The lowest BCUT2D eigenvalue weighted by atomic mass is 10.3. The summed E-state index contributed by atoms with van der Waals surface area (Å²) in [6.07, 6.45) is 1.70. The third-order valence-electron chi connectivity index (χ3n) is 2.06. The van der Waals surface area contributed by atoms with Crippen LogP contribution in [0.2, 0.25) is 0 Å². The van der Waals surface area contributed by atoms with Gasteiger partial charge < -0.3 is 9.47 Å². The molecule has 6 heteroatoms. The quantitative estimate of drug-likeness (QED) is 0.754. The molecule has 0 N–H and O–H groups in total.